The Labute approximate surface area is 133 Å². The average Bonchev–Trinajstić information content (AvgIpc) is 3.09. The van der Waals surface area contributed by atoms with Crippen LogP contribution in [0.15, 0.2) is 16.2 Å². The molecule has 1 fully saturated rings. The first-order chi connectivity index (χ1) is 11.5. The molecule has 1 aliphatic rings. The van der Waals surface area contributed by atoms with Gasteiger partial charge in [0, 0.05) is 12.0 Å². The van der Waals surface area contributed by atoms with Crippen molar-refractivity contribution in [1.29, 1.82) is 0 Å². The molecule has 0 spiro atoms. The summed E-state index contributed by atoms with van der Waals surface area (Å²) in [6.07, 6.45) is -1.36. The van der Waals surface area contributed by atoms with Crippen LogP contribution in [0.25, 0.3) is 21.6 Å². The third kappa shape index (κ3) is 2.19. The van der Waals surface area contributed by atoms with Crippen molar-refractivity contribution in [1.82, 2.24) is 19.5 Å². The molecule has 3 heterocycles. The summed E-state index contributed by atoms with van der Waals surface area (Å²) in [4.78, 5) is 24.7. The number of nitrogen functional groups attached to an aromatic ring is 1. The van der Waals surface area contributed by atoms with Crippen molar-refractivity contribution in [2.45, 2.75) is 24.2 Å². The van der Waals surface area contributed by atoms with E-state index in [1.165, 1.54) is 18.0 Å². The SMILES string of the molecule is CO[C@]1(CO)O[C@@H](n2cnc3c(=O)[nH]c(N)nc32)[C@H](N=[N+]=[N-])[C@@H]1O. The minimum absolute atomic E-state index is 0.0131. The number of methoxy groups -OCH3 is 1. The molecule has 13 nitrogen and oxygen atoms in total. The van der Waals surface area contributed by atoms with Crippen LogP contribution in [0.5, 0.6) is 0 Å². The van der Waals surface area contributed by atoms with Gasteiger partial charge < -0.3 is 25.4 Å². The number of ether oxygens (including phenoxy) is 2. The van der Waals surface area contributed by atoms with Gasteiger partial charge in [-0.2, -0.15) is 4.98 Å². The predicted octanol–water partition coefficient (Wildman–Crippen LogP) is -1.39. The standard InChI is InChI=1S/C11H14N8O5/c1-23-11(2-20)6(21)4(17-18-13)9(24-11)19-3-14-5-7(19)15-10(12)16-8(5)22/h3-4,6,9,20-21H,2H2,1H3,(H3,12,15,16,22)/t4-,6+,9-,11-/m1/s1. The van der Waals surface area contributed by atoms with Crippen molar-refractivity contribution in [3.63, 3.8) is 0 Å². The number of aromatic nitrogens is 4. The highest BCUT2D eigenvalue weighted by atomic mass is 16.7. The topological polar surface area (TPSA) is 197 Å². The highest BCUT2D eigenvalue weighted by molar-refractivity contribution is 5.70. The van der Waals surface area contributed by atoms with Gasteiger partial charge in [0.2, 0.25) is 11.7 Å². The van der Waals surface area contributed by atoms with Gasteiger partial charge in [0.15, 0.2) is 17.4 Å². The lowest BCUT2D eigenvalue weighted by atomic mass is 10.1. The Kier molecular flexibility index (Phi) is 3.87. The normalized spacial score (nSPS) is 29.7. The Bertz CT molecular complexity index is 867. The fourth-order valence-corrected chi connectivity index (χ4v) is 2.65. The van der Waals surface area contributed by atoms with E-state index in [0.717, 1.165) is 0 Å². The number of rotatable bonds is 4. The zero-order valence-corrected chi connectivity index (χ0v) is 12.4. The van der Waals surface area contributed by atoms with E-state index in [1.54, 1.807) is 0 Å². The third-order valence-corrected chi connectivity index (χ3v) is 3.86. The molecular weight excluding hydrogens is 324 g/mol. The second-order valence-corrected chi connectivity index (χ2v) is 5.10. The van der Waals surface area contributed by atoms with Crippen LogP contribution in [0.2, 0.25) is 0 Å². The molecule has 1 saturated heterocycles. The average molecular weight is 338 g/mol. The van der Waals surface area contributed by atoms with Crippen molar-refractivity contribution < 1.29 is 19.7 Å². The van der Waals surface area contributed by atoms with E-state index in [2.05, 4.69) is 25.0 Å². The van der Waals surface area contributed by atoms with Crippen LogP contribution < -0.4 is 11.3 Å². The van der Waals surface area contributed by atoms with Gasteiger partial charge in [-0.05, 0) is 5.53 Å². The van der Waals surface area contributed by atoms with Crippen molar-refractivity contribution >= 4 is 17.1 Å². The summed E-state index contributed by atoms with van der Waals surface area (Å²) in [6.45, 7) is -0.693. The van der Waals surface area contributed by atoms with E-state index in [9.17, 15) is 15.0 Å². The molecule has 3 rings (SSSR count). The monoisotopic (exact) mass is 338 g/mol. The highest BCUT2D eigenvalue weighted by Crippen LogP contribution is 2.40. The number of aliphatic hydroxyl groups excluding tert-OH is 2. The molecule has 2 aromatic rings. The second kappa shape index (κ2) is 5.74. The fraction of sp³-hybridized carbons (Fsp3) is 0.545. The van der Waals surface area contributed by atoms with E-state index in [-0.39, 0.29) is 17.1 Å². The number of aromatic amines is 1. The van der Waals surface area contributed by atoms with E-state index < -0.39 is 36.3 Å². The van der Waals surface area contributed by atoms with Crippen molar-refractivity contribution in [3.05, 3.63) is 27.1 Å². The summed E-state index contributed by atoms with van der Waals surface area (Å²) in [5.74, 6) is -1.94. The first-order valence-electron chi connectivity index (χ1n) is 6.76. The number of nitrogens with two attached hydrogens (primary N) is 1. The van der Waals surface area contributed by atoms with Crippen LogP contribution >= 0.6 is 0 Å². The number of azide groups is 1. The Morgan fingerprint density at radius 3 is 3.08 bits per heavy atom. The molecule has 128 valence electrons. The van der Waals surface area contributed by atoms with Crippen molar-refractivity contribution in [2.24, 2.45) is 5.11 Å². The summed E-state index contributed by atoms with van der Waals surface area (Å²) in [5, 5.41) is 23.4. The van der Waals surface area contributed by atoms with Crippen LogP contribution in [0.4, 0.5) is 5.95 Å². The summed E-state index contributed by atoms with van der Waals surface area (Å²) in [7, 11) is 1.22. The number of hydrogen-bond acceptors (Lipinski definition) is 9. The Balaban J connectivity index is 2.17. The maximum absolute atomic E-state index is 11.9. The summed E-state index contributed by atoms with van der Waals surface area (Å²) in [5.41, 5.74) is 13.8. The smallest absolute Gasteiger partial charge is 0.280 e. The first kappa shape index (κ1) is 16.2. The molecule has 0 saturated carbocycles. The number of fused-ring (bicyclic) bond motifs is 1. The number of nitrogens with zero attached hydrogens (tertiary/aromatic N) is 6. The minimum atomic E-state index is -1.80. The van der Waals surface area contributed by atoms with E-state index in [4.69, 9.17) is 20.7 Å². The van der Waals surface area contributed by atoms with Crippen LogP contribution in [0.3, 0.4) is 0 Å². The summed E-state index contributed by atoms with van der Waals surface area (Å²) >= 11 is 0. The van der Waals surface area contributed by atoms with E-state index in [0.29, 0.717) is 0 Å². The van der Waals surface area contributed by atoms with Crippen LogP contribution in [0.1, 0.15) is 6.23 Å². The quantitative estimate of drug-likeness (QED) is 0.296. The lowest BCUT2D eigenvalue weighted by molar-refractivity contribution is -0.269. The lowest BCUT2D eigenvalue weighted by Gasteiger charge is -2.28. The van der Waals surface area contributed by atoms with Crippen molar-refractivity contribution in [2.75, 3.05) is 19.5 Å². The second-order valence-electron chi connectivity index (χ2n) is 5.10. The summed E-state index contributed by atoms with van der Waals surface area (Å²) < 4.78 is 11.9. The number of imidazole rings is 1. The molecule has 0 aromatic carbocycles. The predicted molar refractivity (Wildman–Crippen MR) is 78.4 cm³/mol. The first-order valence-corrected chi connectivity index (χ1v) is 6.76. The van der Waals surface area contributed by atoms with Crippen LogP contribution in [-0.4, -0.2) is 61.4 Å². The maximum atomic E-state index is 11.9. The largest absolute Gasteiger partial charge is 0.391 e. The number of nitrogens with one attached hydrogen (secondary N) is 1. The molecule has 0 bridgehead atoms. The molecule has 0 radical (unpaired) electrons. The van der Waals surface area contributed by atoms with Gasteiger partial charge in [0.25, 0.3) is 5.56 Å². The van der Waals surface area contributed by atoms with E-state index >= 15 is 0 Å². The van der Waals surface area contributed by atoms with Gasteiger partial charge >= 0.3 is 0 Å². The Morgan fingerprint density at radius 1 is 1.71 bits per heavy atom. The molecule has 0 unspecified atom stereocenters. The summed E-state index contributed by atoms with van der Waals surface area (Å²) in [6, 6.07) is -1.16. The Hall–Kier alpha value is -2.70. The zero-order valence-electron chi connectivity index (χ0n) is 12.4. The van der Waals surface area contributed by atoms with Crippen LogP contribution in [0, 0.1) is 0 Å². The molecule has 0 aliphatic carbocycles. The number of aliphatic hydroxyl groups is 2. The van der Waals surface area contributed by atoms with Gasteiger partial charge in [-0.3, -0.25) is 14.3 Å². The van der Waals surface area contributed by atoms with Crippen LogP contribution in [-0.2, 0) is 9.47 Å². The molecule has 5 N–H and O–H groups in total. The minimum Gasteiger partial charge on any atom is -0.391 e. The van der Waals surface area contributed by atoms with Gasteiger partial charge in [-0.1, -0.05) is 5.11 Å². The highest BCUT2D eigenvalue weighted by Gasteiger charge is 2.56. The zero-order chi connectivity index (χ0) is 17.5. The molecule has 0 amide bonds. The van der Waals surface area contributed by atoms with Crippen molar-refractivity contribution in [3.8, 4) is 0 Å². The van der Waals surface area contributed by atoms with Gasteiger partial charge in [0.1, 0.15) is 12.1 Å². The molecular formula is C11H14N8O5. The molecule has 1 aliphatic heterocycles. The maximum Gasteiger partial charge on any atom is 0.280 e. The molecule has 13 heteroatoms. The number of H-pyrrole nitrogens is 1. The molecule has 4 atom stereocenters. The van der Waals surface area contributed by atoms with Gasteiger partial charge in [0.05, 0.1) is 12.9 Å². The number of anilines is 1. The Morgan fingerprint density at radius 2 is 2.46 bits per heavy atom. The van der Waals surface area contributed by atoms with Gasteiger partial charge in [-0.15, -0.1) is 0 Å². The van der Waals surface area contributed by atoms with E-state index in [1.807, 2.05) is 0 Å². The fourth-order valence-electron chi connectivity index (χ4n) is 2.65. The third-order valence-electron chi connectivity index (χ3n) is 3.86. The number of hydrogen-bond donors (Lipinski definition) is 4. The van der Waals surface area contributed by atoms with Gasteiger partial charge in [-0.25, -0.2) is 4.98 Å². The molecule has 2 aromatic heterocycles. The lowest BCUT2D eigenvalue weighted by Crippen LogP contribution is -2.47. The molecule has 24 heavy (non-hydrogen) atoms.